The minimum atomic E-state index is -0.678. The molecule has 3 amide bonds. The molecule has 39 heavy (non-hydrogen) atoms. The highest BCUT2D eigenvalue weighted by Crippen LogP contribution is 2.41. The molecule has 0 aliphatic carbocycles. The van der Waals surface area contributed by atoms with Gasteiger partial charge in [0, 0.05) is 24.0 Å². The first kappa shape index (κ1) is 26.5. The summed E-state index contributed by atoms with van der Waals surface area (Å²) < 4.78 is 2.38. The fraction of sp³-hybridized carbons (Fsp3) is 0.333. The zero-order valence-corrected chi connectivity index (χ0v) is 23.6. The van der Waals surface area contributed by atoms with E-state index in [0.717, 1.165) is 0 Å². The maximum Gasteiger partial charge on any atom is 0.248 e. The number of hydrogen-bond donors (Lipinski definition) is 3. The number of likely N-dealkylation sites (tertiary alicyclic amines) is 1. The van der Waals surface area contributed by atoms with Gasteiger partial charge in [0.25, 0.3) is 0 Å². The molecule has 5 rings (SSSR count). The average molecular weight is 593 g/mol. The molecule has 3 aromatic heterocycles. The first-order valence-electron chi connectivity index (χ1n) is 12.5. The second kappa shape index (κ2) is 9.92. The zero-order valence-electron chi connectivity index (χ0n) is 22.0. The smallest absolute Gasteiger partial charge is 0.248 e. The molecular weight excluding hydrogens is 564 g/mol. The maximum absolute atomic E-state index is 14.0. The highest BCUT2D eigenvalue weighted by atomic mass is 79.9. The third-order valence-electron chi connectivity index (χ3n) is 7.44. The lowest BCUT2D eigenvalue weighted by Crippen LogP contribution is -2.48. The SMILES string of the molecule is CC(=O)Nc1ccc2c(c1)c1c(N)ncnc1n2CC(=O)N1[C@H](C(=O)Nc2cccc(Br)n2)CC(C)(C)[C@H]1C. The molecule has 2 atom stereocenters. The van der Waals surface area contributed by atoms with Crippen molar-refractivity contribution in [3.8, 4) is 0 Å². The number of fused-ring (bicyclic) bond motifs is 3. The van der Waals surface area contributed by atoms with Crippen molar-refractivity contribution < 1.29 is 14.4 Å². The molecule has 1 saturated heterocycles. The molecule has 1 aromatic carbocycles. The molecule has 4 aromatic rings. The molecule has 1 aliphatic heterocycles. The number of nitrogens with zero attached hydrogens (tertiary/aromatic N) is 5. The Kier molecular flexibility index (Phi) is 6.75. The van der Waals surface area contributed by atoms with Crippen LogP contribution in [-0.4, -0.2) is 54.2 Å². The Morgan fingerprint density at radius 2 is 1.92 bits per heavy atom. The third kappa shape index (κ3) is 4.91. The van der Waals surface area contributed by atoms with Crippen molar-refractivity contribution in [3.63, 3.8) is 0 Å². The molecule has 1 aliphatic rings. The fourth-order valence-electron chi connectivity index (χ4n) is 5.31. The fourth-order valence-corrected chi connectivity index (χ4v) is 5.65. The van der Waals surface area contributed by atoms with E-state index < -0.39 is 6.04 Å². The van der Waals surface area contributed by atoms with Gasteiger partial charge in [-0.1, -0.05) is 19.9 Å². The van der Waals surface area contributed by atoms with Gasteiger partial charge in [0.1, 0.15) is 40.8 Å². The van der Waals surface area contributed by atoms with Crippen molar-refractivity contribution in [1.82, 2.24) is 24.4 Å². The summed E-state index contributed by atoms with van der Waals surface area (Å²) in [5.74, 6) is -0.0442. The normalized spacial score (nSPS) is 18.4. The predicted molar refractivity (Wildman–Crippen MR) is 153 cm³/mol. The quantitative estimate of drug-likeness (QED) is 0.297. The van der Waals surface area contributed by atoms with Crippen molar-refractivity contribution >= 4 is 72.9 Å². The summed E-state index contributed by atoms with van der Waals surface area (Å²) in [7, 11) is 0. The van der Waals surface area contributed by atoms with Crippen molar-refractivity contribution in [1.29, 1.82) is 0 Å². The number of benzene rings is 1. The minimum Gasteiger partial charge on any atom is -0.383 e. The van der Waals surface area contributed by atoms with Gasteiger partial charge in [0.15, 0.2) is 0 Å². The Labute approximate surface area is 233 Å². The molecule has 0 spiro atoms. The summed E-state index contributed by atoms with van der Waals surface area (Å²) >= 11 is 3.32. The van der Waals surface area contributed by atoms with Crippen LogP contribution >= 0.6 is 15.9 Å². The van der Waals surface area contributed by atoms with E-state index in [0.29, 0.717) is 44.5 Å². The van der Waals surface area contributed by atoms with Gasteiger partial charge in [-0.05, 0) is 65.0 Å². The summed E-state index contributed by atoms with van der Waals surface area (Å²) in [6.45, 7) is 7.45. The van der Waals surface area contributed by atoms with E-state index in [1.165, 1.54) is 13.3 Å². The molecule has 0 unspecified atom stereocenters. The number of nitrogens with two attached hydrogens (primary N) is 1. The minimum absolute atomic E-state index is 0.0602. The molecular formula is C27H29BrN8O3. The van der Waals surface area contributed by atoms with E-state index >= 15 is 0 Å². The summed E-state index contributed by atoms with van der Waals surface area (Å²) in [5.41, 5.74) is 7.75. The summed E-state index contributed by atoms with van der Waals surface area (Å²) in [6.07, 6.45) is 1.86. The number of carbonyl (C=O) groups is 3. The Morgan fingerprint density at radius 1 is 1.15 bits per heavy atom. The summed E-state index contributed by atoms with van der Waals surface area (Å²) in [4.78, 5) is 53.6. The Morgan fingerprint density at radius 3 is 2.64 bits per heavy atom. The van der Waals surface area contributed by atoms with E-state index in [-0.39, 0.29) is 41.5 Å². The van der Waals surface area contributed by atoms with Crippen molar-refractivity contribution in [2.24, 2.45) is 5.41 Å². The van der Waals surface area contributed by atoms with Gasteiger partial charge in [-0.3, -0.25) is 14.4 Å². The van der Waals surface area contributed by atoms with E-state index in [4.69, 9.17) is 5.73 Å². The van der Waals surface area contributed by atoms with Gasteiger partial charge < -0.3 is 25.8 Å². The number of halogens is 1. The zero-order chi connectivity index (χ0) is 28.1. The van der Waals surface area contributed by atoms with Gasteiger partial charge in [-0.15, -0.1) is 0 Å². The van der Waals surface area contributed by atoms with Gasteiger partial charge in [0.2, 0.25) is 17.7 Å². The van der Waals surface area contributed by atoms with Crippen molar-refractivity contribution in [2.45, 2.75) is 52.7 Å². The van der Waals surface area contributed by atoms with Crippen molar-refractivity contribution in [3.05, 3.63) is 47.3 Å². The molecule has 11 nitrogen and oxygen atoms in total. The number of hydrogen-bond acceptors (Lipinski definition) is 7. The van der Waals surface area contributed by atoms with Gasteiger partial charge in [-0.25, -0.2) is 15.0 Å². The Balaban J connectivity index is 1.52. The monoisotopic (exact) mass is 592 g/mol. The molecule has 4 heterocycles. The number of anilines is 3. The Hall–Kier alpha value is -4.06. The van der Waals surface area contributed by atoms with Crippen LogP contribution in [0, 0.1) is 5.41 Å². The van der Waals surface area contributed by atoms with Crippen LogP contribution in [0.15, 0.2) is 47.3 Å². The molecule has 0 radical (unpaired) electrons. The van der Waals surface area contributed by atoms with E-state index in [9.17, 15) is 14.4 Å². The van der Waals surface area contributed by atoms with Crippen LogP contribution < -0.4 is 16.4 Å². The largest absolute Gasteiger partial charge is 0.383 e. The summed E-state index contributed by atoms with van der Waals surface area (Å²) in [6, 6.07) is 9.75. The number of nitrogens with one attached hydrogen (secondary N) is 2. The van der Waals surface area contributed by atoms with E-state index in [1.807, 2.05) is 13.0 Å². The first-order chi connectivity index (χ1) is 18.5. The van der Waals surface area contributed by atoms with Crippen LogP contribution in [0.3, 0.4) is 0 Å². The molecule has 1 fully saturated rings. The van der Waals surface area contributed by atoms with Gasteiger partial charge in [-0.2, -0.15) is 0 Å². The first-order valence-corrected chi connectivity index (χ1v) is 13.3. The van der Waals surface area contributed by atoms with Crippen LogP contribution in [0.2, 0.25) is 0 Å². The number of pyridine rings is 1. The van der Waals surface area contributed by atoms with Crippen LogP contribution in [0.5, 0.6) is 0 Å². The summed E-state index contributed by atoms with van der Waals surface area (Å²) in [5, 5.41) is 6.95. The second-order valence-electron chi connectivity index (χ2n) is 10.5. The molecule has 12 heteroatoms. The Bertz CT molecular complexity index is 1630. The van der Waals surface area contributed by atoms with Crippen LogP contribution in [0.25, 0.3) is 21.9 Å². The number of nitrogen functional groups attached to an aromatic ring is 1. The third-order valence-corrected chi connectivity index (χ3v) is 7.88. The predicted octanol–water partition coefficient (Wildman–Crippen LogP) is 3.94. The van der Waals surface area contributed by atoms with Gasteiger partial charge >= 0.3 is 0 Å². The second-order valence-corrected chi connectivity index (χ2v) is 11.3. The average Bonchev–Trinajstić information content (AvgIpc) is 3.30. The molecule has 0 saturated carbocycles. The molecule has 4 N–H and O–H groups in total. The number of carbonyl (C=O) groups excluding carboxylic acids is 3. The number of aromatic nitrogens is 4. The molecule has 0 bridgehead atoms. The van der Waals surface area contributed by atoms with E-state index in [1.54, 1.807) is 39.8 Å². The topological polar surface area (TPSA) is 148 Å². The number of amides is 3. The lowest BCUT2D eigenvalue weighted by molar-refractivity contribution is -0.139. The van der Waals surface area contributed by atoms with Crippen LogP contribution in [0.4, 0.5) is 17.3 Å². The lowest BCUT2D eigenvalue weighted by atomic mass is 9.84. The number of rotatable bonds is 5. The highest BCUT2D eigenvalue weighted by Gasteiger charge is 2.49. The maximum atomic E-state index is 14.0. The standard InChI is InChI=1S/C27H29BrN8O3/c1-14-27(3,4)11-19(26(39)34-21-7-5-6-20(28)33-21)36(14)22(38)12-35-18-9-8-16(32-15(2)37)10-17(18)23-24(29)30-13-31-25(23)35/h5-10,13-14,19H,11-12H2,1-4H3,(H,32,37)(H2,29,30,31)(H,33,34,39)/t14-,19+/m1/s1. The van der Waals surface area contributed by atoms with Crippen LogP contribution in [0.1, 0.15) is 34.1 Å². The van der Waals surface area contributed by atoms with Crippen LogP contribution in [-0.2, 0) is 20.9 Å². The highest BCUT2D eigenvalue weighted by molar-refractivity contribution is 9.10. The lowest BCUT2D eigenvalue weighted by Gasteiger charge is -2.31. The molecule has 202 valence electrons. The van der Waals surface area contributed by atoms with E-state index in [2.05, 4.69) is 55.4 Å². The van der Waals surface area contributed by atoms with Crippen molar-refractivity contribution in [2.75, 3.05) is 16.4 Å². The van der Waals surface area contributed by atoms with Gasteiger partial charge in [0.05, 0.1) is 10.9 Å².